The normalized spacial score (nSPS) is 20.3. The van der Waals surface area contributed by atoms with Gasteiger partial charge in [0.15, 0.2) is 17.5 Å². The fourth-order valence-corrected chi connectivity index (χ4v) is 2.26. The molecule has 6 heteroatoms. The van der Waals surface area contributed by atoms with E-state index in [1.54, 1.807) is 0 Å². The van der Waals surface area contributed by atoms with E-state index in [9.17, 15) is 8.78 Å². The van der Waals surface area contributed by atoms with Crippen molar-refractivity contribution in [2.24, 2.45) is 0 Å². The monoisotopic (exact) mass is 271 g/mol. The molecule has 1 aliphatic heterocycles. The van der Waals surface area contributed by atoms with E-state index in [1.165, 1.54) is 13.5 Å². The molecule has 1 fully saturated rings. The van der Waals surface area contributed by atoms with Gasteiger partial charge in [0.2, 0.25) is 0 Å². The SMILES string of the molecule is CNc1nc(OCC2CCCCN2C)c(F)cc1F. The predicted octanol–water partition coefficient (Wildman–Crippen LogP) is 2.26. The molecule has 106 valence electrons. The van der Waals surface area contributed by atoms with E-state index >= 15 is 0 Å². The van der Waals surface area contributed by atoms with Crippen LogP contribution in [0.5, 0.6) is 5.88 Å². The molecule has 1 aliphatic rings. The maximum Gasteiger partial charge on any atom is 0.252 e. The number of hydrogen-bond acceptors (Lipinski definition) is 4. The number of anilines is 1. The molecule has 19 heavy (non-hydrogen) atoms. The van der Waals surface area contributed by atoms with Gasteiger partial charge in [0.1, 0.15) is 6.61 Å². The molecular formula is C13H19F2N3O. The summed E-state index contributed by atoms with van der Waals surface area (Å²) in [6, 6.07) is 1.05. The Balaban J connectivity index is 2.02. The number of nitrogens with zero attached hydrogens (tertiary/aromatic N) is 2. The molecule has 2 heterocycles. The smallest absolute Gasteiger partial charge is 0.252 e. The average Bonchev–Trinajstić information content (AvgIpc) is 2.39. The third-order valence-corrected chi connectivity index (χ3v) is 3.47. The van der Waals surface area contributed by atoms with Crippen LogP contribution in [0.25, 0.3) is 0 Å². The Bertz CT molecular complexity index is 442. The highest BCUT2D eigenvalue weighted by atomic mass is 19.1. The van der Waals surface area contributed by atoms with Crippen LogP contribution < -0.4 is 10.1 Å². The number of halogens is 2. The van der Waals surface area contributed by atoms with Gasteiger partial charge in [0, 0.05) is 19.2 Å². The third-order valence-electron chi connectivity index (χ3n) is 3.47. The molecule has 1 aromatic rings. The van der Waals surface area contributed by atoms with Gasteiger partial charge in [-0.1, -0.05) is 6.42 Å². The second-order valence-electron chi connectivity index (χ2n) is 4.80. The van der Waals surface area contributed by atoms with Gasteiger partial charge < -0.3 is 15.0 Å². The number of likely N-dealkylation sites (tertiary alicyclic amines) is 1. The summed E-state index contributed by atoms with van der Waals surface area (Å²) >= 11 is 0. The number of likely N-dealkylation sites (N-methyl/N-ethyl adjacent to an activating group) is 1. The van der Waals surface area contributed by atoms with Gasteiger partial charge in [-0.25, -0.2) is 8.78 Å². The lowest BCUT2D eigenvalue weighted by molar-refractivity contribution is 0.120. The number of ether oxygens (including phenoxy) is 1. The van der Waals surface area contributed by atoms with Crippen LogP contribution in [-0.2, 0) is 0 Å². The zero-order valence-electron chi connectivity index (χ0n) is 11.2. The van der Waals surface area contributed by atoms with Crippen LogP contribution in [0.2, 0.25) is 0 Å². The van der Waals surface area contributed by atoms with Crippen LogP contribution in [0.4, 0.5) is 14.6 Å². The number of aromatic nitrogens is 1. The predicted molar refractivity (Wildman–Crippen MR) is 69.5 cm³/mol. The highest BCUT2D eigenvalue weighted by Crippen LogP contribution is 2.22. The van der Waals surface area contributed by atoms with Crippen molar-refractivity contribution in [1.29, 1.82) is 0 Å². The van der Waals surface area contributed by atoms with Crippen molar-refractivity contribution in [2.45, 2.75) is 25.3 Å². The number of rotatable bonds is 4. The van der Waals surface area contributed by atoms with Crippen molar-refractivity contribution in [2.75, 3.05) is 32.6 Å². The van der Waals surface area contributed by atoms with E-state index < -0.39 is 11.6 Å². The molecule has 0 aromatic carbocycles. The van der Waals surface area contributed by atoms with Crippen molar-refractivity contribution in [1.82, 2.24) is 9.88 Å². The molecular weight excluding hydrogens is 252 g/mol. The molecule has 1 aromatic heterocycles. The lowest BCUT2D eigenvalue weighted by Gasteiger charge is -2.32. The van der Waals surface area contributed by atoms with Crippen molar-refractivity contribution in [3.05, 3.63) is 17.7 Å². The summed E-state index contributed by atoms with van der Waals surface area (Å²) in [7, 11) is 3.56. The molecule has 2 rings (SSSR count). The first-order valence-corrected chi connectivity index (χ1v) is 6.48. The van der Waals surface area contributed by atoms with Crippen LogP contribution in [0.3, 0.4) is 0 Å². The van der Waals surface area contributed by atoms with Gasteiger partial charge in [0.25, 0.3) is 5.88 Å². The summed E-state index contributed by atoms with van der Waals surface area (Å²) in [6.45, 7) is 1.39. The summed E-state index contributed by atoms with van der Waals surface area (Å²) in [6.07, 6.45) is 3.36. The molecule has 0 spiro atoms. The van der Waals surface area contributed by atoms with Crippen molar-refractivity contribution in [3.63, 3.8) is 0 Å². The fourth-order valence-electron chi connectivity index (χ4n) is 2.26. The van der Waals surface area contributed by atoms with Crippen LogP contribution in [0.1, 0.15) is 19.3 Å². The first kappa shape index (κ1) is 14.0. The minimum atomic E-state index is -0.769. The van der Waals surface area contributed by atoms with E-state index in [0.717, 1.165) is 25.5 Å². The Morgan fingerprint density at radius 2 is 2.21 bits per heavy atom. The summed E-state index contributed by atoms with van der Waals surface area (Å²) in [5, 5.41) is 2.57. The maximum absolute atomic E-state index is 13.5. The van der Waals surface area contributed by atoms with Gasteiger partial charge in [0.05, 0.1) is 0 Å². The Morgan fingerprint density at radius 1 is 1.42 bits per heavy atom. The second-order valence-corrected chi connectivity index (χ2v) is 4.80. The topological polar surface area (TPSA) is 37.4 Å². The molecule has 0 aliphatic carbocycles. The zero-order valence-corrected chi connectivity index (χ0v) is 11.2. The van der Waals surface area contributed by atoms with E-state index in [1.807, 2.05) is 7.05 Å². The highest BCUT2D eigenvalue weighted by Gasteiger charge is 2.21. The van der Waals surface area contributed by atoms with Crippen molar-refractivity contribution >= 4 is 5.82 Å². The molecule has 1 N–H and O–H groups in total. The zero-order chi connectivity index (χ0) is 13.8. The van der Waals surface area contributed by atoms with Gasteiger partial charge in [-0.15, -0.1) is 0 Å². The molecule has 1 saturated heterocycles. The Hall–Kier alpha value is -1.43. The number of pyridine rings is 1. The van der Waals surface area contributed by atoms with E-state index in [2.05, 4.69) is 15.2 Å². The number of hydrogen-bond donors (Lipinski definition) is 1. The Morgan fingerprint density at radius 3 is 2.89 bits per heavy atom. The first-order valence-electron chi connectivity index (χ1n) is 6.48. The van der Waals surface area contributed by atoms with Crippen LogP contribution in [0, 0.1) is 11.6 Å². The molecule has 0 amide bonds. The number of nitrogens with one attached hydrogen (secondary N) is 1. The minimum Gasteiger partial charge on any atom is -0.474 e. The molecule has 0 bridgehead atoms. The quantitative estimate of drug-likeness (QED) is 0.911. The van der Waals surface area contributed by atoms with Crippen LogP contribution >= 0.6 is 0 Å². The standard InChI is InChI=1S/C13H19F2N3O/c1-16-12-10(14)7-11(15)13(17-12)19-8-9-5-3-4-6-18(9)2/h7,9H,3-6,8H2,1-2H3,(H,16,17). The van der Waals surface area contributed by atoms with Gasteiger partial charge >= 0.3 is 0 Å². The molecule has 0 saturated carbocycles. The molecule has 1 atom stereocenters. The van der Waals surface area contributed by atoms with Crippen molar-refractivity contribution in [3.8, 4) is 5.88 Å². The fraction of sp³-hybridized carbons (Fsp3) is 0.615. The third kappa shape index (κ3) is 3.32. The largest absolute Gasteiger partial charge is 0.474 e. The summed E-state index contributed by atoms with van der Waals surface area (Å²) < 4.78 is 32.2. The van der Waals surface area contributed by atoms with E-state index in [4.69, 9.17) is 4.74 Å². The second kappa shape index (κ2) is 6.14. The van der Waals surface area contributed by atoms with Gasteiger partial charge in [-0.05, 0) is 26.4 Å². The maximum atomic E-state index is 13.5. The lowest BCUT2D eigenvalue weighted by atomic mass is 10.0. The highest BCUT2D eigenvalue weighted by molar-refractivity contribution is 5.38. The minimum absolute atomic E-state index is 0.00611. The van der Waals surface area contributed by atoms with E-state index in [0.29, 0.717) is 6.61 Å². The summed E-state index contributed by atoms with van der Waals surface area (Å²) in [5.74, 6) is -1.64. The van der Waals surface area contributed by atoms with Crippen molar-refractivity contribution < 1.29 is 13.5 Å². The van der Waals surface area contributed by atoms with Crippen LogP contribution in [-0.4, -0.2) is 43.2 Å². The van der Waals surface area contributed by atoms with Gasteiger partial charge in [-0.3, -0.25) is 0 Å². The lowest BCUT2D eigenvalue weighted by Crippen LogP contribution is -2.40. The Kier molecular flexibility index (Phi) is 4.52. The molecule has 1 unspecified atom stereocenters. The van der Waals surface area contributed by atoms with E-state index in [-0.39, 0.29) is 17.7 Å². The average molecular weight is 271 g/mol. The molecule has 4 nitrogen and oxygen atoms in total. The first-order chi connectivity index (χ1) is 9.11. The Labute approximate surface area is 111 Å². The number of piperidine rings is 1. The van der Waals surface area contributed by atoms with Gasteiger partial charge in [-0.2, -0.15) is 4.98 Å². The summed E-state index contributed by atoms with van der Waals surface area (Å²) in [5.41, 5.74) is 0. The summed E-state index contributed by atoms with van der Waals surface area (Å²) in [4.78, 5) is 6.00. The molecule has 0 radical (unpaired) electrons. The van der Waals surface area contributed by atoms with Crippen LogP contribution in [0.15, 0.2) is 6.07 Å².